The van der Waals surface area contributed by atoms with Gasteiger partial charge in [0, 0.05) is 11.1 Å². The predicted octanol–water partition coefficient (Wildman–Crippen LogP) is 5.88. The number of anilines is 3. The third kappa shape index (κ3) is 6.29. The first kappa shape index (κ1) is 27.7. The van der Waals surface area contributed by atoms with Crippen LogP contribution in [0.5, 0.6) is 11.5 Å². The van der Waals surface area contributed by atoms with E-state index >= 15 is 0 Å². The first-order valence-corrected chi connectivity index (χ1v) is 14.5. The zero-order valence-corrected chi connectivity index (χ0v) is 25.5. The summed E-state index contributed by atoms with van der Waals surface area (Å²) in [6, 6.07) is 16.8. The molecule has 3 heterocycles. The van der Waals surface area contributed by atoms with Crippen molar-refractivity contribution in [2.75, 3.05) is 10.6 Å². The molecule has 1 amide bonds. The van der Waals surface area contributed by atoms with E-state index in [0.29, 0.717) is 39.3 Å². The van der Waals surface area contributed by atoms with Gasteiger partial charge >= 0.3 is 168 Å². The zero-order chi connectivity index (χ0) is 28.4. The maximum atomic E-state index is 13.2. The molecule has 2 radical (unpaired) electrons. The molecule has 0 unspecified atom stereocenters. The number of nitrogens with zero attached hydrogens (tertiary/aromatic N) is 5. The number of aromatic nitrogens is 5. The number of ether oxygens (including phenoxy) is 1. The molecule has 40 heavy (non-hydrogen) atoms. The van der Waals surface area contributed by atoms with Gasteiger partial charge in [0.25, 0.3) is 0 Å². The van der Waals surface area contributed by atoms with Crippen LogP contribution >= 0.6 is 11.3 Å². The minimum atomic E-state index is -0.310. The number of carbonyl (C=O) groups excluding carboxylic acids is 1. The van der Waals surface area contributed by atoms with Gasteiger partial charge in [0.15, 0.2) is 0 Å². The van der Waals surface area contributed by atoms with E-state index in [0.717, 1.165) is 20.4 Å². The molecule has 2 aromatic carbocycles. The van der Waals surface area contributed by atoms with E-state index in [1.165, 1.54) is 17.7 Å². The van der Waals surface area contributed by atoms with Gasteiger partial charge in [0.05, 0.1) is 0 Å². The van der Waals surface area contributed by atoms with Crippen molar-refractivity contribution in [3.8, 4) is 11.5 Å². The van der Waals surface area contributed by atoms with Crippen molar-refractivity contribution in [1.82, 2.24) is 25.1 Å². The van der Waals surface area contributed by atoms with E-state index in [1.807, 2.05) is 36.4 Å². The van der Waals surface area contributed by atoms with Gasteiger partial charge in [0.2, 0.25) is 0 Å². The number of rotatable bonds is 7. The predicted molar refractivity (Wildman–Crippen MR) is 160 cm³/mol. The van der Waals surface area contributed by atoms with Crippen molar-refractivity contribution in [2.24, 2.45) is 0 Å². The summed E-state index contributed by atoms with van der Waals surface area (Å²) in [6.45, 7) is 10.3. The van der Waals surface area contributed by atoms with Crippen LogP contribution in [0.2, 0.25) is 0 Å². The Morgan fingerprint density at radius 3 is 2.48 bits per heavy atom. The molecule has 0 spiro atoms. The Morgan fingerprint density at radius 2 is 1.77 bits per heavy atom. The second-order valence-corrected chi connectivity index (χ2v) is 12.6. The molecule has 0 fully saturated rings. The Bertz CT molecular complexity index is 1680. The molecule has 202 valence electrons. The molecule has 0 saturated carbocycles. The molecule has 0 aliphatic heterocycles. The van der Waals surface area contributed by atoms with Gasteiger partial charge in [-0.3, -0.25) is 0 Å². The summed E-state index contributed by atoms with van der Waals surface area (Å²) < 4.78 is 7.28. The molecule has 0 aliphatic carbocycles. The number of benzene rings is 2. The van der Waals surface area contributed by atoms with Gasteiger partial charge in [-0.05, 0) is 5.92 Å². The van der Waals surface area contributed by atoms with Crippen LogP contribution < -0.4 is 19.7 Å². The Balaban J connectivity index is 1.49. The third-order valence-corrected chi connectivity index (χ3v) is 7.85. The average molecular weight is 614 g/mol. The van der Waals surface area contributed by atoms with Gasteiger partial charge in [-0.25, -0.2) is 0 Å². The van der Waals surface area contributed by atoms with E-state index in [1.54, 1.807) is 18.2 Å². The van der Waals surface area contributed by atoms with E-state index in [9.17, 15) is 4.79 Å². The Morgan fingerprint density at radius 1 is 1.00 bits per heavy atom. The van der Waals surface area contributed by atoms with Crippen molar-refractivity contribution >= 4 is 66.1 Å². The molecule has 0 saturated heterocycles. The fourth-order valence-electron chi connectivity index (χ4n) is 3.75. The number of pyridine rings is 1. The molecule has 2 N–H and O–H groups in total. The normalized spacial score (nSPS) is 11.6. The summed E-state index contributed by atoms with van der Waals surface area (Å²) in [6.07, 6.45) is 1.47. The third-order valence-electron chi connectivity index (χ3n) is 5.96. The molecule has 9 nitrogen and oxygen atoms in total. The quantitative estimate of drug-likeness (QED) is 0.219. The fraction of sp³-hybridized carbons (Fsp3) is 0.241. The molecular weight excluding hydrogens is 585 g/mol. The van der Waals surface area contributed by atoms with Crippen LogP contribution in [0.3, 0.4) is 0 Å². The average Bonchev–Trinajstić information content (AvgIpc) is 3.40. The van der Waals surface area contributed by atoms with Gasteiger partial charge in [-0.1, -0.05) is 46.0 Å². The Hall–Kier alpha value is -3.88. The number of amides is 1. The fourth-order valence-corrected chi connectivity index (χ4v) is 4.86. The molecule has 0 bridgehead atoms. The Labute approximate surface area is 245 Å². The van der Waals surface area contributed by atoms with Crippen LogP contribution in [-0.4, -0.2) is 47.9 Å². The topological polar surface area (TPSA) is 115 Å². The second kappa shape index (κ2) is 11.3. The summed E-state index contributed by atoms with van der Waals surface area (Å²) in [4.78, 5) is 26.7. The summed E-state index contributed by atoms with van der Waals surface area (Å²) in [5.74, 6) is 1.70. The number of fused-ring (bicyclic) bond motifs is 1. The van der Waals surface area contributed by atoms with Crippen LogP contribution in [-0.2, 0) is 5.41 Å². The number of carbonyl (C=O) groups is 1. The van der Waals surface area contributed by atoms with Gasteiger partial charge in [-0.15, -0.1) is 10.2 Å². The molecular formula is C29H28AsN7O2S. The van der Waals surface area contributed by atoms with Crippen molar-refractivity contribution in [1.29, 1.82) is 0 Å². The zero-order valence-electron chi connectivity index (χ0n) is 22.8. The van der Waals surface area contributed by atoms with E-state index in [2.05, 4.69) is 87.3 Å². The van der Waals surface area contributed by atoms with Gasteiger partial charge in [0.1, 0.15) is 5.01 Å². The minimum absolute atomic E-state index is 0.156. The van der Waals surface area contributed by atoms with Crippen molar-refractivity contribution in [2.45, 2.75) is 46.0 Å². The van der Waals surface area contributed by atoms with E-state index < -0.39 is 0 Å². The van der Waals surface area contributed by atoms with Crippen LogP contribution in [0.15, 0.2) is 60.9 Å². The second-order valence-electron chi connectivity index (χ2n) is 10.5. The van der Waals surface area contributed by atoms with Gasteiger partial charge < -0.3 is 0 Å². The summed E-state index contributed by atoms with van der Waals surface area (Å²) >= 11 is 3.86. The first-order chi connectivity index (χ1) is 19.1. The van der Waals surface area contributed by atoms with E-state index in [-0.39, 0.29) is 17.2 Å². The van der Waals surface area contributed by atoms with Crippen molar-refractivity contribution in [3.05, 3.63) is 77.2 Å². The number of hydrogen-bond acceptors (Lipinski definition) is 9. The van der Waals surface area contributed by atoms with Crippen LogP contribution in [0.1, 0.15) is 61.6 Å². The van der Waals surface area contributed by atoms with Crippen LogP contribution in [0.4, 0.5) is 16.6 Å². The number of hydrogen-bond donors (Lipinski definition) is 2. The molecule has 11 heteroatoms. The molecule has 0 atom stereocenters. The molecule has 5 rings (SSSR count). The number of nitrogens with one attached hydrogen (secondary N) is 2. The van der Waals surface area contributed by atoms with Crippen molar-refractivity contribution in [3.63, 3.8) is 0 Å². The Kier molecular flexibility index (Phi) is 7.83. The van der Waals surface area contributed by atoms with Crippen molar-refractivity contribution < 1.29 is 9.53 Å². The molecule has 3 aromatic heterocycles. The maximum absolute atomic E-state index is 13.2. The van der Waals surface area contributed by atoms with Gasteiger partial charge in [-0.2, -0.15) is 0 Å². The monoisotopic (exact) mass is 613 g/mol. The molecule has 5 aromatic rings. The van der Waals surface area contributed by atoms with E-state index in [4.69, 9.17) is 4.74 Å². The standard InChI is InChI=1S/C29H28AsN7O2S/c1-16(2)21-12-11-20-24(33-21)31-15-32-25(20)34-22-14-17(6-13-23(22)39-19-9-7-18(30)8-10-19)26(38)35-28-37-36-27(40-28)29(3,4)5/h6-16H,1-5H3,(H,35,37,38)(H,31,32,33,34). The molecule has 0 aliphatic rings. The first-order valence-electron chi connectivity index (χ1n) is 12.7. The SMILES string of the molecule is CC(C)c1ccc2c(Nc3cc(C(=O)Nc4nnc(C(C)(C)C)s4)ccc3Oc3ccc([As])cc3)ncnc2n1. The summed E-state index contributed by atoms with van der Waals surface area (Å²) in [5.41, 5.74) is 2.36. The van der Waals surface area contributed by atoms with Crippen LogP contribution in [0.25, 0.3) is 11.0 Å². The van der Waals surface area contributed by atoms with Crippen LogP contribution in [0, 0.1) is 0 Å². The summed E-state index contributed by atoms with van der Waals surface area (Å²) in [5, 5.41) is 16.6. The summed E-state index contributed by atoms with van der Waals surface area (Å²) in [7, 11) is 0.